The average Bonchev–Trinajstić information content (AvgIpc) is 3.21. The first-order valence-corrected chi connectivity index (χ1v) is 12.3. The molecule has 0 saturated carbocycles. The lowest BCUT2D eigenvalue weighted by Gasteiger charge is -2.34. The molecule has 7 nitrogen and oxygen atoms in total. The predicted molar refractivity (Wildman–Crippen MR) is 136 cm³/mol. The summed E-state index contributed by atoms with van der Waals surface area (Å²) >= 11 is 0. The number of aliphatic carboxylic acids is 1. The van der Waals surface area contributed by atoms with Crippen molar-refractivity contribution in [1.82, 2.24) is 10.2 Å². The van der Waals surface area contributed by atoms with E-state index in [9.17, 15) is 14.7 Å². The van der Waals surface area contributed by atoms with Crippen molar-refractivity contribution in [1.29, 1.82) is 0 Å². The molecule has 3 aromatic carbocycles. The van der Waals surface area contributed by atoms with Crippen molar-refractivity contribution in [2.45, 2.75) is 31.0 Å². The van der Waals surface area contributed by atoms with Crippen LogP contribution in [0.25, 0.3) is 11.1 Å². The summed E-state index contributed by atoms with van der Waals surface area (Å²) in [5.74, 6) is -1.19. The lowest BCUT2D eigenvalue weighted by Crippen LogP contribution is -2.48. The SMILES string of the molecule is O=C(N[C@@H](CC1CN(Cc2ccccc2)CCO1)C(=O)O)OCC1c2ccccc2-c2ccccc21. The molecule has 186 valence electrons. The Morgan fingerprint density at radius 2 is 1.61 bits per heavy atom. The number of benzene rings is 3. The molecule has 7 heteroatoms. The van der Waals surface area contributed by atoms with Gasteiger partial charge in [0.1, 0.15) is 12.6 Å². The van der Waals surface area contributed by atoms with E-state index in [4.69, 9.17) is 9.47 Å². The van der Waals surface area contributed by atoms with Gasteiger partial charge < -0.3 is 19.9 Å². The summed E-state index contributed by atoms with van der Waals surface area (Å²) in [6.07, 6.45) is -0.858. The van der Waals surface area contributed by atoms with Crippen LogP contribution >= 0.6 is 0 Å². The van der Waals surface area contributed by atoms with Crippen LogP contribution in [0.3, 0.4) is 0 Å². The van der Waals surface area contributed by atoms with Gasteiger partial charge in [0.05, 0.1) is 12.7 Å². The van der Waals surface area contributed by atoms with Crippen molar-refractivity contribution in [3.63, 3.8) is 0 Å². The lowest BCUT2D eigenvalue weighted by molar-refractivity contribution is -0.141. The number of rotatable bonds is 8. The fourth-order valence-corrected chi connectivity index (χ4v) is 5.17. The monoisotopic (exact) mass is 486 g/mol. The van der Waals surface area contributed by atoms with E-state index in [1.54, 1.807) is 0 Å². The number of amides is 1. The molecular weight excluding hydrogens is 456 g/mol. The number of fused-ring (bicyclic) bond motifs is 3. The Hall–Kier alpha value is -3.68. The molecule has 1 heterocycles. The van der Waals surface area contributed by atoms with Gasteiger partial charge in [-0.2, -0.15) is 0 Å². The summed E-state index contributed by atoms with van der Waals surface area (Å²) in [5.41, 5.74) is 5.69. The Labute approximate surface area is 210 Å². The smallest absolute Gasteiger partial charge is 0.407 e. The standard InChI is InChI=1S/C29H30N2O5/c32-28(33)27(16-21-18-31(14-15-35-21)17-20-8-2-1-3-9-20)30-29(34)36-19-26-24-12-6-4-10-22(24)23-11-5-7-13-25(23)26/h1-13,21,26-27H,14-19H2,(H,30,34)(H,32,33)/t21?,27-/m0/s1. The van der Waals surface area contributed by atoms with Crippen LogP contribution < -0.4 is 5.32 Å². The third kappa shape index (κ3) is 5.42. The number of morpholine rings is 1. The summed E-state index contributed by atoms with van der Waals surface area (Å²) in [5, 5.41) is 12.3. The zero-order valence-electron chi connectivity index (χ0n) is 20.0. The van der Waals surface area contributed by atoms with Crippen LogP contribution in [0.15, 0.2) is 78.9 Å². The third-order valence-corrected chi connectivity index (χ3v) is 6.90. The second-order valence-electron chi connectivity index (χ2n) is 9.31. The minimum atomic E-state index is -1.10. The Morgan fingerprint density at radius 1 is 0.972 bits per heavy atom. The topological polar surface area (TPSA) is 88.1 Å². The molecule has 0 bridgehead atoms. The molecule has 1 aliphatic carbocycles. The third-order valence-electron chi connectivity index (χ3n) is 6.90. The molecule has 2 aliphatic rings. The van der Waals surface area contributed by atoms with Crippen molar-refractivity contribution in [2.24, 2.45) is 0 Å². The molecule has 0 radical (unpaired) electrons. The Balaban J connectivity index is 1.17. The molecule has 0 spiro atoms. The van der Waals surface area contributed by atoms with E-state index in [1.165, 1.54) is 5.56 Å². The summed E-state index contributed by atoms with van der Waals surface area (Å²) < 4.78 is 11.4. The van der Waals surface area contributed by atoms with Crippen LogP contribution in [-0.4, -0.2) is 60.5 Å². The molecular formula is C29H30N2O5. The van der Waals surface area contributed by atoms with E-state index in [1.807, 2.05) is 54.6 Å². The molecule has 36 heavy (non-hydrogen) atoms. The summed E-state index contributed by atoms with van der Waals surface area (Å²) in [6.45, 7) is 2.82. The van der Waals surface area contributed by atoms with Crippen LogP contribution in [0, 0.1) is 0 Å². The number of hydrogen-bond acceptors (Lipinski definition) is 5. The van der Waals surface area contributed by atoms with Gasteiger partial charge in [0, 0.05) is 32.0 Å². The van der Waals surface area contributed by atoms with Crippen LogP contribution in [-0.2, 0) is 20.8 Å². The van der Waals surface area contributed by atoms with Gasteiger partial charge in [-0.25, -0.2) is 9.59 Å². The van der Waals surface area contributed by atoms with E-state index in [0.29, 0.717) is 13.2 Å². The number of carbonyl (C=O) groups excluding carboxylic acids is 1. The van der Waals surface area contributed by atoms with Crippen molar-refractivity contribution in [2.75, 3.05) is 26.3 Å². The lowest BCUT2D eigenvalue weighted by atomic mass is 9.98. The van der Waals surface area contributed by atoms with Gasteiger partial charge in [-0.1, -0.05) is 78.9 Å². The van der Waals surface area contributed by atoms with Crippen molar-refractivity contribution < 1.29 is 24.2 Å². The van der Waals surface area contributed by atoms with Gasteiger partial charge in [0.15, 0.2) is 0 Å². The highest BCUT2D eigenvalue weighted by atomic mass is 16.5. The predicted octanol–water partition coefficient (Wildman–Crippen LogP) is 4.27. The molecule has 1 amide bonds. The second kappa shape index (κ2) is 10.9. The molecule has 5 rings (SSSR count). The van der Waals surface area contributed by atoms with E-state index < -0.39 is 18.1 Å². The second-order valence-corrected chi connectivity index (χ2v) is 9.31. The highest BCUT2D eigenvalue weighted by Crippen LogP contribution is 2.44. The van der Waals surface area contributed by atoms with Gasteiger partial charge in [0.2, 0.25) is 0 Å². The first kappa shape index (κ1) is 24.0. The molecule has 1 aliphatic heterocycles. The molecule has 1 saturated heterocycles. The van der Waals surface area contributed by atoms with Crippen LogP contribution in [0.1, 0.15) is 29.0 Å². The number of carbonyl (C=O) groups is 2. The molecule has 0 aromatic heterocycles. The minimum Gasteiger partial charge on any atom is -0.480 e. The first-order valence-electron chi connectivity index (χ1n) is 12.3. The number of carboxylic acid groups (broad SMARTS) is 1. The molecule has 2 atom stereocenters. The Morgan fingerprint density at radius 3 is 2.28 bits per heavy atom. The first-order chi connectivity index (χ1) is 17.6. The molecule has 1 unspecified atom stereocenters. The summed E-state index contributed by atoms with van der Waals surface area (Å²) in [4.78, 5) is 26.8. The molecule has 2 N–H and O–H groups in total. The largest absolute Gasteiger partial charge is 0.480 e. The highest BCUT2D eigenvalue weighted by molar-refractivity contribution is 5.81. The maximum atomic E-state index is 12.6. The van der Waals surface area contributed by atoms with Crippen LogP contribution in [0.4, 0.5) is 4.79 Å². The van der Waals surface area contributed by atoms with Gasteiger partial charge in [-0.3, -0.25) is 4.90 Å². The zero-order valence-corrected chi connectivity index (χ0v) is 20.0. The number of hydrogen-bond donors (Lipinski definition) is 2. The molecule has 3 aromatic rings. The number of nitrogens with zero attached hydrogens (tertiary/aromatic N) is 1. The number of nitrogens with one attached hydrogen (secondary N) is 1. The minimum absolute atomic E-state index is 0.0837. The van der Waals surface area contributed by atoms with Crippen molar-refractivity contribution in [3.05, 3.63) is 95.6 Å². The van der Waals surface area contributed by atoms with E-state index >= 15 is 0 Å². The number of carboxylic acids is 1. The van der Waals surface area contributed by atoms with E-state index in [2.05, 4.69) is 34.5 Å². The van der Waals surface area contributed by atoms with Gasteiger partial charge in [-0.15, -0.1) is 0 Å². The molecule has 1 fully saturated rings. The van der Waals surface area contributed by atoms with Crippen LogP contribution in [0.5, 0.6) is 0 Å². The maximum Gasteiger partial charge on any atom is 0.407 e. The highest BCUT2D eigenvalue weighted by Gasteiger charge is 2.31. The Kier molecular flexibility index (Phi) is 7.30. The Bertz CT molecular complexity index is 1170. The van der Waals surface area contributed by atoms with Gasteiger partial charge in [0.25, 0.3) is 0 Å². The van der Waals surface area contributed by atoms with Gasteiger partial charge >= 0.3 is 12.1 Å². The van der Waals surface area contributed by atoms with Crippen molar-refractivity contribution in [3.8, 4) is 11.1 Å². The fraction of sp³-hybridized carbons (Fsp3) is 0.310. The normalized spacial score (nSPS) is 18.2. The van der Waals surface area contributed by atoms with Crippen molar-refractivity contribution >= 4 is 12.1 Å². The van der Waals surface area contributed by atoms with Gasteiger partial charge in [-0.05, 0) is 27.8 Å². The quantitative estimate of drug-likeness (QED) is 0.495. The number of ether oxygens (including phenoxy) is 2. The maximum absolute atomic E-state index is 12.6. The average molecular weight is 487 g/mol. The van der Waals surface area contributed by atoms with Crippen LogP contribution in [0.2, 0.25) is 0 Å². The fourth-order valence-electron chi connectivity index (χ4n) is 5.17. The van der Waals surface area contributed by atoms with E-state index in [0.717, 1.165) is 35.3 Å². The van der Waals surface area contributed by atoms with E-state index in [-0.39, 0.29) is 25.0 Å². The number of alkyl carbamates (subject to hydrolysis) is 1. The summed E-state index contributed by atoms with van der Waals surface area (Å²) in [7, 11) is 0. The zero-order chi connectivity index (χ0) is 24.9. The summed E-state index contributed by atoms with van der Waals surface area (Å²) in [6, 6.07) is 25.2.